The fraction of sp³-hybridized carbons (Fsp3) is 0.316. The van der Waals surface area contributed by atoms with Crippen LogP contribution in [0, 0.1) is 14.9 Å². The summed E-state index contributed by atoms with van der Waals surface area (Å²) < 4.78 is 2.64. The first-order chi connectivity index (χ1) is 11.8. The molecule has 0 bridgehead atoms. The van der Waals surface area contributed by atoms with Crippen molar-refractivity contribution < 1.29 is 4.79 Å². The van der Waals surface area contributed by atoms with Crippen LogP contribution in [-0.2, 0) is 10.3 Å². The Bertz CT molecular complexity index is 905. The second-order valence-corrected chi connectivity index (χ2v) is 8.00. The number of carbonyl (C=O) groups excluding carboxylic acids is 1. The van der Waals surface area contributed by atoms with Crippen molar-refractivity contribution >= 4 is 40.3 Å². The summed E-state index contributed by atoms with van der Waals surface area (Å²) in [6.07, 6.45) is 8.55. The van der Waals surface area contributed by atoms with E-state index in [0.29, 0.717) is 5.56 Å². The van der Waals surface area contributed by atoms with Crippen molar-refractivity contribution in [1.29, 1.82) is 5.26 Å². The Hall–Kier alpha value is -2.14. The number of aromatic nitrogens is 2. The molecule has 128 valence electrons. The highest BCUT2D eigenvalue weighted by molar-refractivity contribution is 14.1. The van der Waals surface area contributed by atoms with Crippen LogP contribution in [0.3, 0.4) is 0 Å². The molecule has 25 heavy (non-hydrogen) atoms. The van der Waals surface area contributed by atoms with Crippen molar-refractivity contribution in [2.75, 3.05) is 5.32 Å². The fourth-order valence-electron chi connectivity index (χ4n) is 3.05. The van der Waals surface area contributed by atoms with Gasteiger partial charge in [-0.3, -0.25) is 9.48 Å². The quantitative estimate of drug-likeness (QED) is 0.717. The molecule has 6 heteroatoms. The average molecular weight is 446 g/mol. The van der Waals surface area contributed by atoms with Gasteiger partial charge in [-0.25, -0.2) is 0 Å². The molecule has 2 aromatic rings. The number of nitrogens with zero attached hydrogens (tertiary/aromatic N) is 3. The van der Waals surface area contributed by atoms with Crippen LogP contribution in [0.15, 0.2) is 30.6 Å². The Labute approximate surface area is 160 Å². The van der Waals surface area contributed by atoms with Crippen molar-refractivity contribution in [2.24, 2.45) is 0 Å². The van der Waals surface area contributed by atoms with E-state index >= 15 is 0 Å². The first kappa shape index (κ1) is 17.7. The van der Waals surface area contributed by atoms with Crippen LogP contribution in [0.2, 0.25) is 0 Å². The van der Waals surface area contributed by atoms with Crippen LogP contribution in [0.25, 0.3) is 6.08 Å². The zero-order chi connectivity index (χ0) is 18.2. The van der Waals surface area contributed by atoms with Gasteiger partial charge in [0.15, 0.2) is 0 Å². The normalized spacial score (nSPS) is 16.2. The third-order valence-corrected chi connectivity index (χ3v) is 5.16. The number of hydrogen-bond donors (Lipinski definition) is 1. The van der Waals surface area contributed by atoms with Gasteiger partial charge in [0.25, 0.3) is 5.91 Å². The van der Waals surface area contributed by atoms with Gasteiger partial charge >= 0.3 is 0 Å². The van der Waals surface area contributed by atoms with Gasteiger partial charge in [0, 0.05) is 17.4 Å². The average Bonchev–Trinajstić information content (AvgIpc) is 3.02. The van der Waals surface area contributed by atoms with E-state index in [2.05, 4.69) is 52.1 Å². The predicted molar refractivity (Wildman–Crippen MR) is 106 cm³/mol. The number of hydrogen-bond acceptors (Lipinski definition) is 3. The summed E-state index contributed by atoms with van der Waals surface area (Å²) in [5.74, 6) is 0.109. The SMILES string of the molecule is CC1CC=Cc2c(NC(=O)C(C)(C)n3cc(I)cn3)ccc(C#N)c21. The lowest BCUT2D eigenvalue weighted by Gasteiger charge is -2.27. The zero-order valence-electron chi connectivity index (χ0n) is 14.4. The molecule has 1 aromatic carbocycles. The van der Waals surface area contributed by atoms with Crippen molar-refractivity contribution in [3.8, 4) is 6.07 Å². The molecule has 0 saturated carbocycles. The molecule has 1 atom stereocenters. The van der Waals surface area contributed by atoms with Crippen LogP contribution in [0.5, 0.6) is 0 Å². The molecule has 0 aliphatic heterocycles. The molecule has 0 saturated heterocycles. The maximum Gasteiger partial charge on any atom is 0.251 e. The molecule has 0 spiro atoms. The maximum absolute atomic E-state index is 12.9. The molecular formula is C19H19IN4O. The number of nitriles is 1. The van der Waals surface area contributed by atoms with Gasteiger partial charge in [-0.05, 0) is 66.5 Å². The highest BCUT2D eigenvalue weighted by Gasteiger charge is 2.31. The lowest BCUT2D eigenvalue weighted by Crippen LogP contribution is -2.40. The summed E-state index contributed by atoms with van der Waals surface area (Å²) in [4.78, 5) is 12.9. The zero-order valence-corrected chi connectivity index (χ0v) is 16.5. The summed E-state index contributed by atoms with van der Waals surface area (Å²) >= 11 is 2.17. The highest BCUT2D eigenvalue weighted by Crippen LogP contribution is 2.36. The summed E-state index contributed by atoms with van der Waals surface area (Å²) in [5, 5.41) is 16.7. The summed E-state index contributed by atoms with van der Waals surface area (Å²) in [6.45, 7) is 5.77. The van der Waals surface area contributed by atoms with Gasteiger partial charge in [0.05, 0.1) is 21.4 Å². The molecule has 1 aliphatic carbocycles. The Balaban J connectivity index is 1.97. The first-order valence-corrected chi connectivity index (χ1v) is 9.18. The molecule has 3 rings (SSSR count). The van der Waals surface area contributed by atoms with Crippen molar-refractivity contribution in [1.82, 2.24) is 9.78 Å². The van der Waals surface area contributed by atoms with Gasteiger partial charge in [0.1, 0.15) is 5.54 Å². The highest BCUT2D eigenvalue weighted by atomic mass is 127. The Kier molecular flexibility index (Phi) is 4.69. The minimum atomic E-state index is -0.825. The van der Waals surface area contributed by atoms with Gasteiger partial charge in [-0.15, -0.1) is 0 Å². The third kappa shape index (κ3) is 3.21. The van der Waals surface area contributed by atoms with E-state index in [4.69, 9.17) is 0 Å². The van der Waals surface area contributed by atoms with Crippen LogP contribution < -0.4 is 5.32 Å². The van der Waals surface area contributed by atoms with Gasteiger partial charge in [-0.2, -0.15) is 10.4 Å². The minimum absolute atomic E-state index is 0.148. The monoisotopic (exact) mass is 446 g/mol. The second kappa shape index (κ2) is 6.64. The van der Waals surface area contributed by atoms with E-state index in [0.717, 1.165) is 26.8 Å². The molecule has 0 fully saturated rings. The molecule has 1 aliphatic rings. The smallest absolute Gasteiger partial charge is 0.251 e. The molecule has 1 aromatic heterocycles. The number of halogens is 1. The molecule has 1 amide bonds. The van der Waals surface area contributed by atoms with E-state index in [-0.39, 0.29) is 11.8 Å². The fourth-order valence-corrected chi connectivity index (χ4v) is 3.44. The lowest BCUT2D eigenvalue weighted by molar-refractivity contribution is -0.123. The van der Waals surface area contributed by atoms with Crippen molar-refractivity contribution in [2.45, 2.75) is 38.6 Å². The lowest BCUT2D eigenvalue weighted by atomic mass is 9.84. The van der Waals surface area contributed by atoms with E-state index < -0.39 is 5.54 Å². The maximum atomic E-state index is 12.9. The van der Waals surface area contributed by atoms with Crippen molar-refractivity contribution in [3.63, 3.8) is 0 Å². The van der Waals surface area contributed by atoms with E-state index in [1.165, 1.54) is 0 Å². The summed E-state index contributed by atoms with van der Waals surface area (Å²) in [7, 11) is 0. The van der Waals surface area contributed by atoms with E-state index in [1.54, 1.807) is 23.0 Å². The van der Waals surface area contributed by atoms with Crippen LogP contribution in [-0.4, -0.2) is 15.7 Å². The Morgan fingerprint density at radius 2 is 2.24 bits per heavy atom. The van der Waals surface area contributed by atoms with Crippen LogP contribution in [0.1, 0.15) is 49.8 Å². The van der Waals surface area contributed by atoms with E-state index in [1.807, 2.05) is 26.1 Å². The number of nitrogens with one attached hydrogen (secondary N) is 1. The van der Waals surface area contributed by atoms with Crippen LogP contribution >= 0.6 is 22.6 Å². The predicted octanol–water partition coefficient (Wildman–Crippen LogP) is 4.25. The number of benzene rings is 1. The number of rotatable bonds is 3. The number of carbonyl (C=O) groups is 1. The van der Waals surface area contributed by atoms with Gasteiger partial charge in [0.2, 0.25) is 0 Å². The number of amides is 1. The second-order valence-electron chi connectivity index (χ2n) is 6.76. The molecule has 1 N–H and O–H groups in total. The summed E-state index contributed by atoms with van der Waals surface area (Å²) in [6, 6.07) is 5.86. The Morgan fingerprint density at radius 3 is 2.88 bits per heavy atom. The van der Waals surface area contributed by atoms with Crippen molar-refractivity contribution in [3.05, 3.63) is 50.9 Å². The van der Waals surface area contributed by atoms with E-state index in [9.17, 15) is 10.1 Å². The van der Waals surface area contributed by atoms with Gasteiger partial charge in [-0.1, -0.05) is 19.1 Å². The minimum Gasteiger partial charge on any atom is -0.323 e. The molecule has 5 nitrogen and oxygen atoms in total. The molecule has 1 unspecified atom stereocenters. The topological polar surface area (TPSA) is 70.7 Å². The number of allylic oxidation sites excluding steroid dienone is 1. The largest absolute Gasteiger partial charge is 0.323 e. The number of anilines is 1. The standard InChI is InChI=1S/C19H19IN4O/c1-12-5-4-6-15-16(8-7-13(9-21)17(12)15)23-18(25)19(2,3)24-11-14(20)10-22-24/h4,6-8,10-12H,5H2,1-3H3,(H,23,25). The summed E-state index contributed by atoms with van der Waals surface area (Å²) in [5.41, 5.74) is 2.52. The molecular weight excluding hydrogens is 427 g/mol. The molecule has 1 heterocycles. The number of fused-ring (bicyclic) bond motifs is 1. The van der Waals surface area contributed by atoms with Gasteiger partial charge < -0.3 is 5.32 Å². The molecule has 0 radical (unpaired) electrons. The Morgan fingerprint density at radius 1 is 1.48 bits per heavy atom. The first-order valence-electron chi connectivity index (χ1n) is 8.10. The van der Waals surface area contributed by atoms with Crippen LogP contribution in [0.4, 0.5) is 5.69 Å². The third-order valence-electron chi connectivity index (χ3n) is 4.60.